The van der Waals surface area contributed by atoms with Crippen LogP contribution in [0, 0.1) is 13.8 Å². The quantitative estimate of drug-likeness (QED) is 0.749. The summed E-state index contributed by atoms with van der Waals surface area (Å²) in [6.07, 6.45) is -0.102. The molecular weight excluding hydrogens is 447 g/mol. The van der Waals surface area contributed by atoms with Gasteiger partial charge in [0.25, 0.3) is 10.0 Å². The lowest BCUT2D eigenvalue weighted by atomic mass is 10.1. The second-order valence-electron chi connectivity index (χ2n) is 6.36. The lowest BCUT2D eigenvalue weighted by Gasteiger charge is -2.19. The number of aryl methyl sites for hydroxylation is 2. The van der Waals surface area contributed by atoms with Crippen molar-refractivity contribution in [1.82, 2.24) is 0 Å². The number of amides is 1. The Kier molecular flexibility index (Phi) is 5.39. The fourth-order valence-electron chi connectivity index (χ4n) is 3.11. The summed E-state index contributed by atoms with van der Waals surface area (Å²) in [4.78, 5) is 12.0. The van der Waals surface area contributed by atoms with Gasteiger partial charge in [-0.05, 0) is 55.3 Å². The summed E-state index contributed by atoms with van der Waals surface area (Å²) in [5, 5.41) is 0.484. The lowest BCUT2D eigenvalue weighted by molar-refractivity contribution is -0.116. The Labute approximate surface area is 173 Å². The Hall–Kier alpha value is -1.81. The Morgan fingerprint density at radius 1 is 1.07 bits per heavy atom. The van der Waals surface area contributed by atoms with Crippen LogP contribution in [-0.2, 0) is 24.8 Å². The van der Waals surface area contributed by atoms with Crippen molar-refractivity contribution >= 4 is 60.5 Å². The molecule has 1 N–H and O–H groups in total. The van der Waals surface area contributed by atoms with E-state index in [0.717, 1.165) is 4.31 Å². The summed E-state index contributed by atoms with van der Waals surface area (Å²) in [5.41, 5.74) is 0.817. The molecule has 0 aliphatic carbocycles. The third-order valence-electron chi connectivity index (χ3n) is 4.20. The van der Waals surface area contributed by atoms with Gasteiger partial charge in [0.15, 0.2) is 0 Å². The zero-order valence-corrected chi connectivity index (χ0v) is 18.0. The molecule has 1 fully saturated rings. The van der Waals surface area contributed by atoms with Crippen LogP contribution in [0.15, 0.2) is 35.2 Å². The molecule has 0 spiro atoms. The second kappa shape index (κ2) is 7.22. The minimum absolute atomic E-state index is 0.0312. The monoisotopic (exact) mass is 462 g/mol. The highest BCUT2D eigenvalue weighted by Gasteiger charge is 2.37. The van der Waals surface area contributed by atoms with Crippen molar-refractivity contribution in [3.8, 4) is 0 Å². The minimum atomic E-state index is -4.04. The second-order valence-corrected chi connectivity index (χ2v) is 10.8. The highest BCUT2D eigenvalue weighted by molar-refractivity contribution is 7.94. The van der Waals surface area contributed by atoms with Gasteiger partial charge in [0, 0.05) is 11.4 Å². The van der Waals surface area contributed by atoms with Crippen LogP contribution in [0.2, 0.25) is 10.0 Å². The lowest BCUT2D eigenvalue weighted by Crippen LogP contribution is -2.29. The van der Waals surface area contributed by atoms with Gasteiger partial charge >= 0.3 is 0 Å². The maximum Gasteiger partial charge on any atom is 0.262 e. The summed E-state index contributed by atoms with van der Waals surface area (Å²) < 4.78 is 53.2. The Morgan fingerprint density at radius 3 is 2.21 bits per heavy atom. The first-order chi connectivity index (χ1) is 12.9. The molecule has 0 saturated carbocycles. The van der Waals surface area contributed by atoms with Gasteiger partial charge in [-0.3, -0.25) is 9.52 Å². The first kappa shape index (κ1) is 20.9. The highest BCUT2D eigenvalue weighted by atomic mass is 35.5. The van der Waals surface area contributed by atoms with E-state index in [9.17, 15) is 21.6 Å². The smallest absolute Gasteiger partial charge is 0.262 e. The molecule has 2 aromatic rings. The van der Waals surface area contributed by atoms with E-state index in [0.29, 0.717) is 5.02 Å². The third-order valence-corrected chi connectivity index (χ3v) is 8.13. The van der Waals surface area contributed by atoms with E-state index in [1.54, 1.807) is 0 Å². The molecule has 1 aliphatic rings. The molecule has 0 aromatic heterocycles. The van der Waals surface area contributed by atoms with Crippen LogP contribution >= 0.6 is 23.2 Å². The summed E-state index contributed by atoms with van der Waals surface area (Å²) in [7, 11) is -7.79. The van der Waals surface area contributed by atoms with E-state index in [1.165, 1.54) is 44.2 Å². The Balaban J connectivity index is 2.06. The maximum absolute atomic E-state index is 12.9. The average molecular weight is 463 g/mol. The molecule has 28 heavy (non-hydrogen) atoms. The van der Waals surface area contributed by atoms with E-state index < -0.39 is 26.0 Å². The number of halogens is 2. The molecule has 7 nitrogen and oxygen atoms in total. The zero-order chi connectivity index (χ0) is 20.9. The molecule has 3 rings (SSSR count). The summed E-state index contributed by atoms with van der Waals surface area (Å²) in [5.74, 6) is -0.808. The normalized spacial score (nSPS) is 16.4. The average Bonchev–Trinajstić information content (AvgIpc) is 2.82. The van der Waals surface area contributed by atoms with Crippen LogP contribution < -0.4 is 9.03 Å². The minimum Gasteiger partial charge on any atom is -0.278 e. The van der Waals surface area contributed by atoms with Gasteiger partial charge in [-0.1, -0.05) is 23.2 Å². The molecule has 2 aromatic carbocycles. The number of hydrogen-bond acceptors (Lipinski definition) is 5. The molecule has 0 bridgehead atoms. The van der Waals surface area contributed by atoms with Crippen molar-refractivity contribution in [3.63, 3.8) is 0 Å². The fraction of sp³-hybridized carbons (Fsp3) is 0.235. The van der Waals surface area contributed by atoms with E-state index in [1.807, 2.05) is 0 Å². The first-order valence-corrected chi connectivity index (χ1v) is 11.9. The van der Waals surface area contributed by atoms with E-state index in [4.69, 9.17) is 23.2 Å². The van der Waals surface area contributed by atoms with Crippen molar-refractivity contribution < 1.29 is 21.6 Å². The van der Waals surface area contributed by atoms with Gasteiger partial charge in [0.2, 0.25) is 15.9 Å². The van der Waals surface area contributed by atoms with Gasteiger partial charge in [-0.15, -0.1) is 0 Å². The van der Waals surface area contributed by atoms with Crippen molar-refractivity contribution in [3.05, 3.63) is 51.5 Å². The number of sulfonamides is 2. The molecule has 1 amide bonds. The Bertz CT molecular complexity index is 1170. The number of carbonyl (C=O) groups excluding carboxylic acids is 1. The summed E-state index contributed by atoms with van der Waals surface area (Å²) in [6, 6.07) is 7.11. The predicted molar refractivity (Wildman–Crippen MR) is 109 cm³/mol. The standard InChI is InChI=1S/C17H16Cl2N2O5S2/c1-10-7-13(21-16(22)5-6-27(21,23)24)8-11(2)17(10)28(25,26)20-15-9-12(18)3-4-14(15)19/h3-4,7-9,20H,5-6H2,1-2H3. The molecule has 150 valence electrons. The number of rotatable bonds is 4. The van der Waals surface area contributed by atoms with E-state index in [2.05, 4.69) is 4.72 Å². The summed E-state index contributed by atoms with van der Waals surface area (Å²) in [6.45, 7) is 3.05. The predicted octanol–water partition coefficient (Wildman–Crippen LogP) is 3.48. The molecule has 11 heteroatoms. The molecular formula is C17H16Cl2N2O5S2. The SMILES string of the molecule is Cc1cc(N2C(=O)CCS2(=O)=O)cc(C)c1S(=O)(=O)Nc1cc(Cl)ccc1Cl. The van der Waals surface area contributed by atoms with Crippen molar-refractivity contribution in [2.75, 3.05) is 14.8 Å². The van der Waals surface area contributed by atoms with Gasteiger partial charge in [-0.25, -0.2) is 21.1 Å². The van der Waals surface area contributed by atoms with Crippen LogP contribution in [0.4, 0.5) is 11.4 Å². The number of benzene rings is 2. The van der Waals surface area contributed by atoms with Crippen LogP contribution in [-0.4, -0.2) is 28.5 Å². The topological polar surface area (TPSA) is 101 Å². The number of carbonyl (C=O) groups is 1. The van der Waals surface area contributed by atoms with Crippen molar-refractivity contribution in [2.45, 2.75) is 25.2 Å². The fourth-order valence-corrected chi connectivity index (χ4v) is 6.47. The zero-order valence-electron chi connectivity index (χ0n) is 14.9. The van der Waals surface area contributed by atoms with Gasteiger partial charge < -0.3 is 0 Å². The summed E-state index contributed by atoms with van der Waals surface area (Å²) >= 11 is 11.9. The third kappa shape index (κ3) is 3.84. The molecule has 1 saturated heterocycles. The van der Waals surface area contributed by atoms with E-state index in [-0.39, 0.29) is 44.6 Å². The van der Waals surface area contributed by atoms with Gasteiger partial charge in [0.1, 0.15) is 0 Å². The van der Waals surface area contributed by atoms with Crippen LogP contribution in [0.25, 0.3) is 0 Å². The van der Waals surface area contributed by atoms with Crippen LogP contribution in [0.5, 0.6) is 0 Å². The Morgan fingerprint density at radius 2 is 1.68 bits per heavy atom. The van der Waals surface area contributed by atoms with Gasteiger partial charge in [-0.2, -0.15) is 0 Å². The molecule has 0 atom stereocenters. The highest BCUT2D eigenvalue weighted by Crippen LogP contribution is 2.33. The van der Waals surface area contributed by atoms with Crippen molar-refractivity contribution in [2.24, 2.45) is 0 Å². The number of anilines is 2. The number of hydrogen-bond donors (Lipinski definition) is 1. The number of nitrogens with one attached hydrogen (secondary N) is 1. The maximum atomic E-state index is 12.9. The van der Waals surface area contributed by atoms with Crippen LogP contribution in [0.1, 0.15) is 17.5 Å². The molecule has 1 heterocycles. The largest absolute Gasteiger partial charge is 0.278 e. The number of nitrogens with zero attached hydrogens (tertiary/aromatic N) is 1. The first-order valence-electron chi connectivity index (χ1n) is 8.07. The molecule has 0 unspecified atom stereocenters. The molecule has 0 radical (unpaired) electrons. The van der Waals surface area contributed by atoms with Crippen LogP contribution in [0.3, 0.4) is 0 Å². The van der Waals surface area contributed by atoms with Crippen molar-refractivity contribution in [1.29, 1.82) is 0 Å². The van der Waals surface area contributed by atoms with Gasteiger partial charge in [0.05, 0.1) is 27.0 Å². The molecule has 1 aliphatic heterocycles. The van der Waals surface area contributed by atoms with E-state index >= 15 is 0 Å².